The molecule has 1 saturated carbocycles. The second-order valence-corrected chi connectivity index (χ2v) is 2.90. The Bertz CT molecular complexity index is 142. The van der Waals surface area contributed by atoms with E-state index >= 15 is 0 Å². The van der Waals surface area contributed by atoms with E-state index in [0.29, 0.717) is 0 Å². The van der Waals surface area contributed by atoms with Crippen LogP contribution in [-0.2, 0) is 9.53 Å². The Morgan fingerprint density at radius 3 is 2.44 bits per heavy atom. The van der Waals surface area contributed by atoms with Gasteiger partial charge in [-0.05, 0) is 13.3 Å². The number of hydrogen-bond acceptors (Lipinski definition) is 2. The normalized spacial score (nSPS) is 42.6. The largest absolute Gasteiger partial charge is 0.371 e. The summed E-state index contributed by atoms with van der Waals surface area (Å²) < 4.78 is 5.01. The van der Waals surface area contributed by atoms with Gasteiger partial charge in [0.15, 0.2) is 5.78 Å². The first-order valence-electron chi connectivity index (χ1n) is 3.19. The monoisotopic (exact) mass is 128 g/mol. The van der Waals surface area contributed by atoms with Crippen molar-refractivity contribution in [3.63, 3.8) is 0 Å². The lowest BCUT2D eigenvalue weighted by atomic mass is 9.72. The predicted molar refractivity (Wildman–Crippen MR) is 34.2 cm³/mol. The molecule has 0 N–H and O–H groups in total. The lowest BCUT2D eigenvalue weighted by Gasteiger charge is -2.40. The highest BCUT2D eigenvalue weighted by Crippen LogP contribution is 2.35. The van der Waals surface area contributed by atoms with Crippen molar-refractivity contribution in [1.29, 1.82) is 0 Å². The first kappa shape index (κ1) is 6.75. The summed E-state index contributed by atoms with van der Waals surface area (Å²) in [5, 5.41) is 0. The summed E-state index contributed by atoms with van der Waals surface area (Å²) in [6.07, 6.45) is 0.877. The van der Waals surface area contributed by atoms with Gasteiger partial charge in [0.05, 0.1) is 0 Å². The van der Waals surface area contributed by atoms with E-state index in [-0.39, 0.29) is 11.7 Å². The van der Waals surface area contributed by atoms with E-state index < -0.39 is 5.60 Å². The minimum absolute atomic E-state index is 0.218. The van der Waals surface area contributed by atoms with Crippen LogP contribution in [0.4, 0.5) is 0 Å². The molecule has 0 unspecified atom stereocenters. The molecule has 0 bridgehead atoms. The van der Waals surface area contributed by atoms with E-state index in [1.54, 1.807) is 7.11 Å². The van der Waals surface area contributed by atoms with Crippen LogP contribution in [0.25, 0.3) is 0 Å². The lowest BCUT2D eigenvalue weighted by Crippen LogP contribution is -2.52. The Morgan fingerprint density at radius 1 is 1.78 bits per heavy atom. The van der Waals surface area contributed by atoms with Gasteiger partial charge in [-0.1, -0.05) is 6.92 Å². The van der Waals surface area contributed by atoms with E-state index in [1.165, 1.54) is 0 Å². The summed E-state index contributed by atoms with van der Waals surface area (Å²) in [7, 11) is 1.59. The molecule has 9 heavy (non-hydrogen) atoms. The number of carbonyl (C=O) groups is 1. The summed E-state index contributed by atoms with van der Waals surface area (Å²) in [5.74, 6) is 0.458. The van der Waals surface area contributed by atoms with Gasteiger partial charge in [0.1, 0.15) is 5.60 Å². The third-order valence-corrected chi connectivity index (χ3v) is 2.12. The molecule has 0 aliphatic heterocycles. The lowest BCUT2D eigenvalue weighted by molar-refractivity contribution is -0.161. The van der Waals surface area contributed by atoms with Crippen LogP contribution in [0, 0.1) is 5.92 Å². The fraction of sp³-hybridized carbons (Fsp3) is 0.857. The minimum Gasteiger partial charge on any atom is -0.371 e. The summed E-state index contributed by atoms with van der Waals surface area (Å²) >= 11 is 0. The summed E-state index contributed by atoms with van der Waals surface area (Å²) in [6.45, 7) is 3.78. The Morgan fingerprint density at radius 2 is 2.33 bits per heavy atom. The predicted octanol–water partition coefficient (Wildman–Crippen LogP) is 1.00. The first-order valence-corrected chi connectivity index (χ1v) is 3.19. The second kappa shape index (κ2) is 1.81. The van der Waals surface area contributed by atoms with Crippen molar-refractivity contribution in [2.75, 3.05) is 7.11 Å². The molecule has 0 heterocycles. The Kier molecular flexibility index (Phi) is 1.35. The molecule has 1 aliphatic carbocycles. The molecule has 0 amide bonds. The van der Waals surface area contributed by atoms with E-state index in [9.17, 15) is 4.79 Å². The molecule has 2 atom stereocenters. The van der Waals surface area contributed by atoms with Gasteiger partial charge in [-0.3, -0.25) is 4.79 Å². The maximum atomic E-state index is 11.0. The number of methoxy groups -OCH3 is 1. The Labute approximate surface area is 55.2 Å². The van der Waals surface area contributed by atoms with Crippen molar-refractivity contribution in [1.82, 2.24) is 0 Å². The summed E-state index contributed by atoms with van der Waals surface area (Å²) in [4.78, 5) is 11.0. The zero-order valence-corrected chi connectivity index (χ0v) is 6.10. The smallest absolute Gasteiger partial charge is 0.167 e. The fourth-order valence-corrected chi connectivity index (χ4v) is 1.35. The second-order valence-electron chi connectivity index (χ2n) is 2.90. The van der Waals surface area contributed by atoms with Gasteiger partial charge in [0.2, 0.25) is 0 Å². The highest BCUT2D eigenvalue weighted by atomic mass is 16.5. The standard InChI is InChI=1S/C7H12O2/c1-5-4-7(2,9-3)6(5)8/h5H,4H2,1-3H3/t5-,7-/m1/s1. The van der Waals surface area contributed by atoms with E-state index in [2.05, 4.69) is 0 Å². The van der Waals surface area contributed by atoms with E-state index in [4.69, 9.17) is 4.74 Å². The Balaban J connectivity index is 2.59. The van der Waals surface area contributed by atoms with Crippen LogP contribution in [0.3, 0.4) is 0 Å². The van der Waals surface area contributed by atoms with E-state index in [0.717, 1.165) is 6.42 Å². The van der Waals surface area contributed by atoms with Crippen LogP contribution < -0.4 is 0 Å². The number of Topliss-reactive ketones (excluding diaryl/α,β-unsaturated/α-hetero) is 1. The highest BCUT2D eigenvalue weighted by Gasteiger charge is 2.47. The summed E-state index contributed by atoms with van der Waals surface area (Å²) in [6, 6.07) is 0. The maximum Gasteiger partial charge on any atom is 0.167 e. The van der Waals surface area contributed by atoms with Crippen molar-refractivity contribution < 1.29 is 9.53 Å². The van der Waals surface area contributed by atoms with Crippen molar-refractivity contribution in [2.24, 2.45) is 5.92 Å². The number of ether oxygens (including phenoxy) is 1. The molecule has 0 radical (unpaired) electrons. The van der Waals surface area contributed by atoms with Gasteiger partial charge in [-0.2, -0.15) is 0 Å². The minimum atomic E-state index is -0.445. The topological polar surface area (TPSA) is 26.3 Å². The highest BCUT2D eigenvalue weighted by molar-refractivity contribution is 5.94. The molecule has 0 aromatic heterocycles. The maximum absolute atomic E-state index is 11.0. The number of carbonyl (C=O) groups excluding carboxylic acids is 1. The zero-order valence-electron chi connectivity index (χ0n) is 6.10. The molecule has 1 aliphatic rings. The van der Waals surface area contributed by atoms with Crippen molar-refractivity contribution in [3.05, 3.63) is 0 Å². The molecule has 52 valence electrons. The molecule has 2 heteroatoms. The molecular formula is C7H12O2. The average Bonchev–Trinajstić information content (AvgIpc) is 1.87. The van der Waals surface area contributed by atoms with Crippen LogP contribution in [-0.4, -0.2) is 18.5 Å². The van der Waals surface area contributed by atoms with Gasteiger partial charge in [0, 0.05) is 13.0 Å². The number of rotatable bonds is 1. The summed E-state index contributed by atoms with van der Waals surface area (Å²) in [5.41, 5.74) is -0.445. The first-order chi connectivity index (χ1) is 4.10. The van der Waals surface area contributed by atoms with Crippen LogP contribution in [0.5, 0.6) is 0 Å². The van der Waals surface area contributed by atoms with Crippen molar-refractivity contribution in [2.45, 2.75) is 25.9 Å². The average molecular weight is 128 g/mol. The third kappa shape index (κ3) is 0.778. The molecule has 2 nitrogen and oxygen atoms in total. The van der Waals surface area contributed by atoms with Crippen LogP contribution in [0.2, 0.25) is 0 Å². The van der Waals surface area contributed by atoms with Gasteiger partial charge in [0.25, 0.3) is 0 Å². The number of hydrogen-bond donors (Lipinski definition) is 0. The number of ketones is 1. The van der Waals surface area contributed by atoms with Crippen molar-refractivity contribution in [3.8, 4) is 0 Å². The van der Waals surface area contributed by atoms with Crippen LogP contribution >= 0.6 is 0 Å². The van der Waals surface area contributed by atoms with Gasteiger partial charge < -0.3 is 4.74 Å². The zero-order chi connectivity index (χ0) is 7.07. The quantitative estimate of drug-likeness (QED) is 0.526. The molecular weight excluding hydrogens is 116 g/mol. The van der Waals surface area contributed by atoms with Gasteiger partial charge >= 0.3 is 0 Å². The molecule has 0 aromatic carbocycles. The van der Waals surface area contributed by atoms with Crippen LogP contribution in [0.1, 0.15) is 20.3 Å². The fourth-order valence-electron chi connectivity index (χ4n) is 1.35. The SMILES string of the molecule is CO[C@]1(C)C[C@@H](C)C1=O. The molecule has 0 spiro atoms. The van der Waals surface area contributed by atoms with Crippen LogP contribution in [0.15, 0.2) is 0 Å². The van der Waals surface area contributed by atoms with E-state index in [1.807, 2.05) is 13.8 Å². The molecule has 1 rings (SSSR count). The van der Waals surface area contributed by atoms with Gasteiger partial charge in [-0.15, -0.1) is 0 Å². The molecule has 0 aromatic rings. The van der Waals surface area contributed by atoms with Crippen molar-refractivity contribution >= 4 is 5.78 Å². The van der Waals surface area contributed by atoms with Gasteiger partial charge in [-0.25, -0.2) is 0 Å². The third-order valence-electron chi connectivity index (χ3n) is 2.12. The molecule has 0 saturated heterocycles. The Hall–Kier alpha value is -0.370. The molecule has 1 fully saturated rings.